The molecular formula is C19H23NO4. The fourth-order valence-corrected chi connectivity index (χ4v) is 3.37. The first kappa shape index (κ1) is 16.6. The maximum atomic E-state index is 12.8. The van der Waals surface area contributed by atoms with Crippen LogP contribution in [0.2, 0.25) is 0 Å². The van der Waals surface area contributed by atoms with E-state index < -0.39 is 6.09 Å². The third-order valence-electron chi connectivity index (χ3n) is 4.78. The minimum absolute atomic E-state index is 0.0735. The van der Waals surface area contributed by atoms with Crippen LogP contribution in [0.15, 0.2) is 53.3 Å². The molecule has 1 aromatic carbocycles. The molecule has 1 amide bonds. The minimum Gasteiger partial charge on any atom is -0.472 e. The van der Waals surface area contributed by atoms with Crippen LogP contribution in [0.4, 0.5) is 4.79 Å². The summed E-state index contributed by atoms with van der Waals surface area (Å²) in [4.78, 5) is 14.4. The van der Waals surface area contributed by atoms with Gasteiger partial charge in [-0.05, 0) is 30.4 Å². The molecule has 1 aliphatic heterocycles. The van der Waals surface area contributed by atoms with Crippen molar-refractivity contribution in [3.8, 4) is 0 Å². The summed E-state index contributed by atoms with van der Waals surface area (Å²) < 4.78 is 10.7. The van der Waals surface area contributed by atoms with Gasteiger partial charge in [0.05, 0.1) is 31.2 Å². The van der Waals surface area contributed by atoms with Crippen molar-refractivity contribution in [2.45, 2.75) is 38.5 Å². The van der Waals surface area contributed by atoms with Crippen molar-refractivity contribution >= 4 is 6.09 Å². The van der Waals surface area contributed by atoms with Gasteiger partial charge in [-0.25, -0.2) is 4.79 Å². The van der Waals surface area contributed by atoms with Crippen molar-refractivity contribution in [2.24, 2.45) is 5.92 Å². The van der Waals surface area contributed by atoms with Crippen molar-refractivity contribution in [1.29, 1.82) is 0 Å². The van der Waals surface area contributed by atoms with Gasteiger partial charge in [0.2, 0.25) is 0 Å². The highest BCUT2D eigenvalue weighted by Gasteiger charge is 2.39. The summed E-state index contributed by atoms with van der Waals surface area (Å²) in [6, 6.07) is 11.1. The van der Waals surface area contributed by atoms with Crippen LogP contribution in [0.5, 0.6) is 0 Å². The molecule has 2 aromatic rings. The summed E-state index contributed by atoms with van der Waals surface area (Å²) >= 11 is 0. The average Bonchev–Trinajstić information content (AvgIpc) is 3.14. The molecule has 128 valence electrons. The number of likely N-dealkylation sites (tertiary alicyclic amines) is 1. The number of aliphatic hydroxyl groups is 1. The number of piperidine rings is 1. The zero-order valence-electron chi connectivity index (χ0n) is 13.8. The van der Waals surface area contributed by atoms with E-state index in [0.717, 1.165) is 24.0 Å². The van der Waals surface area contributed by atoms with Crippen molar-refractivity contribution in [2.75, 3.05) is 6.61 Å². The van der Waals surface area contributed by atoms with Crippen LogP contribution in [0.25, 0.3) is 0 Å². The van der Waals surface area contributed by atoms with Gasteiger partial charge in [0.15, 0.2) is 0 Å². The molecule has 1 aliphatic rings. The molecule has 0 spiro atoms. The predicted octanol–water partition coefficient (Wildman–Crippen LogP) is 3.75. The molecule has 1 N–H and O–H groups in total. The fraction of sp³-hybridized carbons (Fsp3) is 0.421. The SMILES string of the molecule is C[C@@H]1CC[C@@H](c2ccoc2)N(C(=O)OCc2ccccc2)[C@H]1CO. The molecule has 0 aliphatic carbocycles. The second-order valence-corrected chi connectivity index (χ2v) is 6.32. The van der Waals surface area contributed by atoms with Gasteiger partial charge in [-0.1, -0.05) is 37.3 Å². The van der Waals surface area contributed by atoms with Gasteiger partial charge in [-0.3, -0.25) is 4.90 Å². The summed E-state index contributed by atoms with van der Waals surface area (Å²) in [7, 11) is 0. The lowest BCUT2D eigenvalue weighted by Gasteiger charge is -2.43. The first-order chi connectivity index (χ1) is 11.7. The number of ether oxygens (including phenoxy) is 1. The molecule has 0 radical (unpaired) electrons. The van der Waals surface area contributed by atoms with Crippen molar-refractivity contribution in [1.82, 2.24) is 4.90 Å². The number of hydrogen-bond acceptors (Lipinski definition) is 4. The first-order valence-electron chi connectivity index (χ1n) is 8.32. The highest BCUT2D eigenvalue weighted by atomic mass is 16.6. The normalized spacial score (nSPS) is 23.9. The molecule has 5 heteroatoms. The number of aliphatic hydroxyl groups excluding tert-OH is 1. The molecule has 1 saturated heterocycles. The fourth-order valence-electron chi connectivity index (χ4n) is 3.37. The highest BCUT2D eigenvalue weighted by Crippen LogP contribution is 2.37. The first-order valence-corrected chi connectivity index (χ1v) is 8.32. The Balaban J connectivity index is 1.77. The summed E-state index contributed by atoms with van der Waals surface area (Å²) in [5, 5.41) is 9.81. The van der Waals surface area contributed by atoms with Gasteiger partial charge in [-0.15, -0.1) is 0 Å². The molecule has 24 heavy (non-hydrogen) atoms. The van der Waals surface area contributed by atoms with E-state index in [2.05, 4.69) is 6.92 Å². The summed E-state index contributed by atoms with van der Waals surface area (Å²) in [5.41, 5.74) is 1.88. The summed E-state index contributed by atoms with van der Waals surface area (Å²) in [6.45, 7) is 2.21. The maximum Gasteiger partial charge on any atom is 0.410 e. The smallest absolute Gasteiger partial charge is 0.410 e. The molecule has 2 heterocycles. The maximum absolute atomic E-state index is 12.8. The molecule has 3 rings (SSSR count). The standard InChI is InChI=1S/C19H23NO4/c1-14-7-8-17(16-9-10-23-13-16)20(18(14)11-21)19(22)24-12-15-5-3-2-4-6-15/h2-6,9-10,13-14,17-18,21H,7-8,11-12H2,1H3/t14-,17+,18+/m1/s1. The monoisotopic (exact) mass is 329 g/mol. The van der Waals surface area contributed by atoms with Crippen LogP contribution in [0.1, 0.15) is 36.9 Å². The topological polar surface area (TPSA) is 62.9 Å². The molecule has 5 nitrogen and oxygen atoms in total. The number of hydrogen-bond donors (Lipinski definition) is 1. The molecule has 1 fully saturated rings. The van der Waals surface area contributed by atoms with E-state index in [9.17, 15) is 9.90 Å². The quantitative estimate of drug-likeness (QED) is 0.928. The Kier molecular flexibility index (Phi) is 5.20. The number of carbonyl (C=O) groups excluding carboxylic acids is 1. The molecule has 1 aromatic heterocycles. The van der Waals surface area contributed by atoms with Crippen LogP contribution in [-0.4, -0.2) is 28.7 Å². The lowest BCUT2D eigenvalue weighted by Crippen LogP contribution is -2.51. The Morgan fingerprint density at radius 1 is 1.29 bits per heavy atom. The Labute approximate surface area is 141 Å². The van der Waals surface area contributed by atoms with Crippen LogP contribution in [-0.2, 0) is 11.3 Å². The Bertz CT molecular complexity index is 641. The second-order valence-electron chi connectivity index (χ2n) is 6.32. The number of benzene rings is 1. The molecule has 0 unspecified atom stereocenters. The van der Waals surface area contributed by atoms with Crippen molar-refractivity contribution in [3.63, 3.8) is 0 Å². The molecule has 3 atom stereocenters. The summed E-state index contributed by atoms with van der Waals surface area (Å²) in [6.07, 6.45) is 4.65. The Hall–Kier alpha value is -2.27. The molecular weight excluding hydrogens is 306 g/mol. The molecule has 0 bridgehead atoms. The van der Waals surface area contributed by atoms with Gasteiger partial charge in [-0.2, -0.15) is 0 Å². The predicted molar refractivity (Wildman–Crippen MR) is 89.2 cm³/mol. The van der Waals surface area contributed by atoms with E-state index in [-0.39, 0.29) is 31.2 Å². The van der Waals surface area contributed by atoms with Gasteiger partial charge in [0, 0.05) is 5.56 Å². The van der Waals surface area contributed by atoms with Crippen LogP contribution in [0, 0.1) is 5.92 Å². The van der Waals surface area contributed by atoms with E-state index in [1.54, 1.807) is 17.4 Å². The lowest BCUT2D eigenvalue weighted by atomic mass is 9.85. The Morgan fingerprint density at radius 2 is 2.08 bits per heavy atom. The Morgan fingerprint density at radius 3 is 2.75 bits per heavy atom. The summed E-state index contributed by atoms with van der Waals surface area (Å²) in [5.74, 6) is 0.224. The highest BCUT2D eigenvalue weighted by molar-refractivity contribution is 5.69. The van der Waals surface area contributed by atoms with E-state index >= 15 is 0 Å². The largest absolute Gasteiger partial charge is 0.472 e. The zero-order chi connectivity index (χ0) is 16.9. The zero-order valence-corrected chi connectivity index (χ0v) is 13.8. The van der Waals surface area contributed by atoms with Gasteiger partial charge in [0.25, 0.3) is 0 Å². The van der Waals surface area contributed by atoms with E-state index in [0.29, 0.717) is 0 Å². The van der Waals surface area contributed by atoms with Crippen molar-refractivity contribution in [3.05, 3.63) is 60.1 Å². The minimum atomic E-state index is -0.393. The van der Waals surface area contributed by atoms with Crippen LogP contribution in [0.3, 0.4) is 0 Å². The number of nitrogens with zero attached hydrogens (tertiary/aromatic N) is 1. The van der Waals surface area contributed by atoms with Gasteiger partial charge in [0.1, 0.15) is 6.61 Å². The number of carbonyl (C=O) groups is 1. The van der Waals surface area contributed by atoms with Crippen LogP contribution < -0.4 is 0 Å². The third kappa shape index (κ3) is 3.46. The third-order valence-corrected chi connectivity index (χ3v) is 4.78. The molecule has 0 saturated carbocycles. The van der Waals surface area contributed by atoms with Gasteiger partial charge < -0.3 is 14.3 Å². The van der Waals surface area contributed by atoms with Crippen molar-refractivity contribution < 1.29 is 19.1 Å². The van der Waals surface area contributed by atoms with E-state index in [1.165, 1.54) is 0 Å². The average molecular weight is 329 g/mol. The van der Waals surface area contributed by atoms with Gasteiger partial charge >= 0.3 is 6.09 Å². The second kappa shape index (κ2) is 7.53. The lowest BCUT2D eigenvalue weighted by molar-refractivity contribution is 0.000776. The number of amides is 1. The van der Waals surface area contributed by atoms with Crippen LogP contribution >= 0.6 is 0 Å². The van der Waals surface area contributed by atoms with E-state index in [4.69, 9.17) is 9.15 Å². The number of furan rings is 1. The number of rotatable bonds is 4. The van der Waals surface area contributed by atoms with E-state index in [1.807, 2.05) is 36.4 Å².